The number of cyclic esters (lactones) is 1. The molecular weight excluding hydrogens is 721 g/mol. The van der Waals surface area contributed by atoms with Gasteiger partial charge >= 0.3 is 17.6 Å². The van der Waals surface area contributed by atoms with Crippen molar-refractivity contribution in [1.82, 2.24) is 14.5 Å². The molecule has 0 saturated carbocycles. The van der Waals surface area contributed by atoms with Crippen molar-refractivity contribution >= 4 is 41.1 Å². The lowest BCUT2D eigenvalue weighted by Gasteiger charge is -2.47. The van der Waals surface area contributed by atoms with Crippen molar-refractivity contribution in [1.29, 1.82) is 0 Å². The molecule has 0 radical (unpaired) electrons. The van der Waals surface area contributed by atoms with Crippen LogP contribution < -0.4 is 11.4 Å². The number of aromatic nitrogens is 2. The van der Waals surface area contributed by atoms with Gasteiger partial charge in [-0.3, -0.25) is 23.7 Å². The Hall–Kier alpha value is -2.89. The number of methoxy groups -OCH3 is 1. The number of ether oxygens (including phenoxy) is 5. The van der Waals surface area contributed by atoms with Gasteiger partial charge in [-0.15, -0.1) is 11.8 Å². The van der Waals surface area contributed by atoms with Crippen molar-refractivity contribution < 1.29 is 48.0 Å². The van der Waals surface area contributed by atoms with Crippen LogP contribution in [0.3, 0.4) is 0 Å². The van der Waals surface area contributed by atoms with E-state index in [1.54, 1.807) is 41.5 Å². The molecule has 14 atom stereocenters. The highest BCUT2D eigenvalue weighted by Gasteiger charge is 2.61. The van der Waals surface area contributed by atoms with Crippen molar-refractivity contribution in [2.75, 3.05) is 32.7 Å². The standard InChI is InChI=1S/C38H60N4O11S/c1-12-25-38(8)27(31(34(47)53-38)54-16-15-42-14-13-26(39)40-36(42)48)21(4)28(43)19(2)18-37(7,49-11)32(22(5)29(44)23(6)33(46)51-25)52-35-30(45)24(41(9)10)17-20(3)50-35/h13-14,19-25,27,30-32,35,45H,12,15-18H2,1-11H3,(H2,39,40,48)/t19-,20-,21-,22+,23-,24+,25-,27+,30-,31+,32-,35+,37-,38-/m1/s1. The van der Waals surface area contributed by atoms with Crippen LogP contribution in [0.4, 0.5) is 5.82 Å². The van der Waals surface area contributed by atoms with Crippen LogP contribution in [0, 0.1) is 29.6 Å². The van der Waals surface area contributed by atoms with Crippen molar-refractivity contribution in [2.45, 2.75) is 134 Å². The molecule has 15 nitrogen and oxygen atoms in total. The first-order valence-corrected chi connectivity index (χ1v) is 19.9. The predicted molar refractivity (Wildman–Crippen MR) is 201 cm³/mol. The maximum Gasteiger partial charge on any atom is 0.349 e. The van der Waals surface area contributed by atoms with E-state index in [0.29, 0.717) is 12.2 Å². The van der Waals surface area contributed by atoms with Gasteiger partial charge in [-0.05, 0) is 67.1 Å². The fourth-order valence-electron chi connectivity index (χ4n) is 8.64. The number of nitrogens with zero attached hydrogens (tertiary/aromatic N) is 3. The zero-order valence-corrected chi connectivity index (χ0v) is 34.3. The number of aliphatic hydroxyl groups excluding tert-OH is 1. The smallest absolute Gasteiger partial charge is 0.349 e. The molecule has 3 aliphatic rings. The lowest BCUT2D eigenvalue weighted by molar-refractivity contribution is -0.295. The van der Waals surface area contributed by atoms with Crippen LogP contribution >= 0.6 is 11.8 Å². The monoisotopic (exact) mass is 780 g/mol. The number of esters is 2. The van der Waals surface area contributed by atoms with Gasteiger partial charge in [-0.2, -0.15) is 4.98 Å². The highest BCUT2D eigenvalue weighted by atomic mass is 32.2. The zero-order chi connectivity index (χ0) is 40.4. The maximum absolute atomic E-state index is 14.6. The first kappa shape index (κ1) is 43.8. The molecule has 0 amide bonds. The Morgan fingerprint density at radius 1 is 1.06 bits per heavy atom. The van der Waals surface area contributed by atoms with E-state index in [9.17, 15) is 29.1 Å². The summed E-state index contributed by atoms with van der Waals surface area (Å²) in [6.07, 6.45) is -2.10. The lowest BCUT2D eigenvalue weighted by atomic mass is 9.70. The van der Waals surface area contributed by atoms with Crippen molar-refractivity contribution in [3.05, 3.63) is 22.7 Å². The predicted octanol–water partition coefficient (Wildman–Crippen LogP) is 2.48. The van der Waals surface area contributed by atoms with Gasteiger partial charge in [0.15, 0.2) is 17.7 Å². The van der Waals surface area contributed by atoms with Crippen molar-refractivity contribution in [3.63, 3.8) is 0 Å². The van der Waals surface area contributed by atoms with Crippen LogP contribution in [0.15, 0.2) is 17.1 Å². The van der Waals surface area contributed by atoms with E-state index < -0.39 is 94.1 Å². The van der Waals surface area contributed by atoms with Gasteiger partial charge in [0.1, 0.15) is 35.0 Å². The number of rotatable bonds is 9. The number of hydrogen-bond acceptors (Lipinski definition) is 15. The van der Waals surface area contributed by atoms with Gasteiger partial charge in [0.25, 0.3) is 0 Å². The van der Waals surface area contributed by atoms with E-state index in [-0.39, 0.29) is 43.1 Å². The molecule has 0 aliphatic carbocycles. The van der Waals surface area contributed by atoms with Gasteiger partial charge < -0.3 is 39.4 Å². The topological polar surface area (TPSA) is 199 Å². The Bertz CT molecular complexity index is 1590. The number of hydrogen-bond donors (Lipinski definition) is 2. The lowest BCUT2D eigenvalue weighted by Crippen LogP contribution is -2.59. The molecule has 3 saturated heterocycles. The number of aliphatic hydroxyl groups is 1. The third kappa shape index (κ3) is 8.88. The second-order valence-electron chi connectivity index (χ2n) is 15.9. The number of likely N-dealkylation sites (N-methyl/N-ethyl adjacent to an activating group) is 1. The molecule has 54 heavy (non-hydrogen) atoms. The van der Waals surface area contributed by atoms with Gasteiger partial charge in [0, 0.05) is 55.3 Å². The molecule has 4 heterocycles. The highest BCUT2D eigenvalue weighted by Crippen LogP contribution is 2.49. The molecule has 3 N–H and O–H groups in total. The fraction of sp³-hybridized carbons (Fsp3) is 0.789. The molecule has 1 aromatic rings. The quantitative estimate of drug-likeness (QED) is 0.274. The number of carbonyl (C=O) groups is 4. The first-order chi connectivity index (χ1) is 25.2. The van der Waals surface area contributed by atoms with Gasteiger partial charge in [0.05, 0.1) is 17.8 Å². The molecule has 3 fully saturated rings. The number of thioether (sulfide) groups is 1. The van der Waals surface area contributed by atoms with E-state index >= 15 is 0 Å². The summed E-state index contributed by atoms with van der Waals surface area (Å²) in [6, 6.07) is 1.22. The summed E-state index contributed by atoms with van der Waals surface area (Å²) in [5.74, 6) is -6.05. The van der Waals surface area contributed by atoms with E-state index in [4.69, 9.17) is 29.4 Å². The van der Waals surface area contributed by atoms with E-state index in [1.165, 1.54) is 42.6 Å². The molecular formula is C38H60N4O11S. The highest BCUT2D eigenvalue weighted by molar-refractivity contribution is 8.00. The van der Waals surface area contributed by atoms with E-state index in [1.807, 2.05) is 25.9 Å². The van der Waals surface area contributed by atoms with Crippen LogP contribution in [0.5, 0.6) is 0 Å². The van der Waals surface area contributed by atoms with Crippen molar-refractivity contribution in [3.8, 4) is 0 Å². The van der Waals surface area contributed by atoms with Crippen LogP contribution in [0.1, 0.15) is 74.7 Å². The Kier molecular flexibility index (Phi) is 14.2. The summed E-state index contributed by atoms with van der Waals surface area (Å²) < 4.78 is 32.4. The van der Waals surface area contributed by atoms with Crippen molar-refractivity contribution in [2.24, 2.45) is 29.6 Å². The van der Waals surface area contributed by atoms with Crippen LogP contribution in [-0.4, -0.2) is 123 Å². The van der Waals surface area contributed by atoms with Crippen LogP contribution in [0.25, 0.3) is 0 Å². The number of fused-ring (bicyclic) bond motifs is 1. The number of aryl methyl sites for hydroxylation is 1. The molecule has 0 unspecified atom stereocenters. The molecule has 16 heteroatoms. The Morgan fingerprint density at radius 2 is 1.72 bits per heavy atom. The first-order valence-electron chi connectivity index (χ1n) is 18.9. The number of nitrogen functional groups attached to an aromatic ring is 1. The molecule has 1 aromatic heterocycles. The summed E-state index contributed by atoms with van der Waals surface area (Å²) in [5, 5.41) is 10.5. The Balaban J connectivity index is 1.74. The van der Waals surface area contributed by atoms with E-state index in [0.717, 1.165) is 0 Å². The summed E-state index contributed by atoms with van der Waals surface area (Å²) in [6.45, 7) is 14.0. The summed E-state index contributed by atoms with van der Waals surface area (Å²) in [4.78, 5) is 74.5. The summed E-state index contributed by atoms with van der Waals surface area (Å²) >= 11 is 1.25. The summed E-state index contributed by atoms with van der Waals surface area (Å²) in [7, 11) is 5.19. The number of carbonyl (C=O) groups excluding carboxylic acids is 4. The second-order valence-corrected chi connectivity index (χ2v) is 17.2. The number of nitrogens with two attached hydrogens (primary N) is 1. The minimum Gasteiger partial charge on any atom is -0.458 e. The van der Waals surface area contributed by atoms with Gasteiger partial charge in [-0.25, -0.2) is 4.79 Å². The zero-order valence-electron chi connectivity index (χ0n) is 33.5. The Morgan fingerprint density at radius 3 is 2.31 bits per heavy atom. The average Bonchev–Trinajstić information content (AvgIpc) is 3.38. The largest absolute Gasteiger partial charge is 0.458 e. The minimum absolute atomic E-state index is 0.0979. The molecule has 0 bridgehead atoms. The normalized spacial score (nSPS) is 39.9. The second kappa shape index (κ2) is 17.5. The Labute approximate surface area is 322 Å². The molecule has 0 aromatic carbocycles. The molecule has 0 spiro atoms. The molecule has 304 valence electrons. The number of ketones is 2. The van der Waals surface area contributed by atoms with Gasteiger partial charge in [0.2, 0.25) is 0 Å². The minimum atomic E-state index is -1.42. The maximum atomic E-state index is 14.6. The third-order valence-electron chi connectivity index (χ3n) is 11.8. The third-order valence-corrected chi connectivity index (χ3v) is 13.1. The molecule has 4 rings (SSSR count). The SMILES string of the molecule is CC[C@H]1OC(=O)[C@H](C)C(=O)[C@H](C)[C@@H](O[C@@H]2O[C@H](C)C[C@H](N(C)C)[C@H]2O)[C@](C)(OC)C[C@@H](C)C(=O)[C@H](C)[C@H]2[C@H](SCCn3ccc(N)nc3=O)C(=O)O[C@@]21C. The summed E-state index contributed by atoms with van der Waals surface area (Å²) in [5.41, 5.74) is 2.40. The number of Topliss-reactive ketones (excluding diaryl/α,β-unsaturated/α-hetero) is 2. The fourth-order valence-corrected chi connectivity index (χ4v) is 10.1. The van der Waals surface area contributed by atoms with Crippen LogP contribution in [0.2, 0.25) is 0 Å². The van der Waals surface area contributed by atoms with Crippen LogP contribution in [-0.2, 0) is 49.4 Å². The average molecular weight is 781 g/mol. The van der Waals surface area contributed by atoms with Gasteiger partial charge in [-0.1, -0.05) is 27.7 Å². The number of anilines is 1. The van der Waals surface area contributed by atoms with E-state index in [2.05, 4.69) is 4.98 Å². The molecule has 3 aliphatic heterocycles.